The van der Waals surface area contributed by atoms with Crippen LogP contribution in [0.3, 0.4) is 0 Å². The Bertz CT molecular complexity index is 692. The Hall–Kier alpha value is -2.36. The second-order valence-electron chi connectivity index (χ2n) is 5.85. The van der Waals surface area contributed by atoms with Gasteiger partial charge in [0.2, 0.25) is 0 Å². The van der Waals surface area contributed by atoms with Gasteiger partial charge in [-0.25, -0.2) is 0 Å². The third-order valence-electron chi connectivity index (χ3n) is 3.86. The molecule has 2 rings (SSSR count). The van der Waals surface area contributed by atoms with Crippen LogP contribution in [0.5, 0.6) is 0 Å². The summed E-state index contributed by atoms with van der Waals surface area (Å²) in [5.41, 5.74) is 1.43. The van der Waals surface area contributed by atoms with Gasteiger partial charge in [0.15, 0.2) is 0 Å². The van der Waals surface area contributed by atoms with Gasteiger partial charge in [0, 0.05) is 11.7 Å². The Kier molecular flexibility index (Phi) is 6.15. The average Bonchev–Trinajstić information content (AvgIpc) is 2.55. The highest BCUT2D eigenvalue weighted by atomic mass is 16.2. The van der Waals surface area contributed by atoms with Crippen molar-refractivity contribution in [3.8, 4) is 11.3 Å². The van der Waals surface area contributed by atoms with Crippen LogP contribution in [0.15, 0.2) is 47.3 Å². The second kappa shape index (κ2) is 8.32. The molecule has 1 heterocycles. The molecule has 4 nitrogen and oxygen atoms in total. The van der Waals surface area contributed by atoms with E-state index in [1.54, 1.807) is 12.1 Å². The molecule has 0 bridgehead atoms. The van der Waals surface area contributed by atoms with Crippen LogP contribution in [0.2, 0.25) is 0 Å². The number of nitrogens with one attached hydrogen (secondary N) is 2. The lowest BCUT2D eigenvalue weighted by Crippen LogP contribution is -2.35. The third kappa shape index (κ3) is 4.81. The zero-order chi connectivity index (χ0) is 16.7. The summed E-state index contributed by atoms with van der Waals surface area (Å²) in [4.78, 5) is 27.2. The van der Waals surface area contributed by atoms with Crippen molar-refractivity contribution in [2.75, 3.05) is 0 Å². The smallest absolute Gasteiger partial charge is 0.261 e. The molecule has 0 spiro atoms. The molecule has 0 radical (unpaired) electrons. The fourth-order valence-corrected chi connectivity index (χ4v) is 2.51. The maximum atomic E-state index is 12.2. The summed E-state index contributed by atoms with van der Waals surface area (Å²) >= 11 is 0. The van der Waals surface area contributed by atoms with E-state index >= 15 is 0 Å². The van der Waals surface area contributed by atoms with Crippen molar-refractivity contribution in [2.45, 2.75) is 45.6 Å². The van der Waals surface area contributed by atoms with E-state index in [-0.39, 0.29) is 23.1 Å². The molecular formula is C19H24N2O2. The number of H-pyrrole nitrogens is 1. The molecule has 0 aliphatic carbocycles. The van der Waals surface area contributed by atoms with E-state index in [1.165, 1.54) is 0 Å². The van der Waals surface area contributed by atoms with E-state index in [0.717, 1.165) is 31.2 Å². The van der Waals surface area contributed by atoms with Gasteiger partial charge >= 0.3 is 0 Å². The summed E-state index contributed by atoms with van der Waals surface area (Å²) in [6.45, 7) is 4.12. The molecule has 0 aliphatic rings. The predicted molar refractivity (Wildman–Crippen MR) is 93.6 cm³/mol. The fraction of sp³-hybridized carbons (Fsp3) is 0.368. The quantitative estimate of drug-likeness (QED) is 0.765. The van der Waals surface area contributed by atoms with Crippen molar-refractivity contribution < 1.29 is 4.79 Å². The number of benzene rings is 1. The SMILES string of the molecule is CCCCC[C@@H](C)NC(=O)c1ccc(-c2ccccc2)[nH]c1=O. The van der Waals surface area contributed by atoms with Crippen LogP contribution in [0.1, 0.15) is 49.9 Å². The van der Waals surface area contributed by atoms with E-state index in [1.807, 2.05) is 37.3 Å². The topological polar surface area (TPSA) is 62.0 Å². The number of rotatable bonds is 7. The van der Waals surface area contributed by atoms with Crippen LogP contribution in [0, 0.1) is 0 Å². The summed E-state index contributed by atoms with van der Waals surface area (Å²) < 4.78 is 0. The van der Waals surface area contributed by atoms with Gasteiger partial charge in [-0.2, -0.15) is 0 Å². The first-order valence-electron chi connectivity index (χ1n) is 8.21. The summed E-state index contributed by atoms with van der Waals surface area (Å²) in [7, 11) is 0. The van der Waals surface area contributed by atoms with Crippen molar-refractivity contribution in [1.29, 1.82) is 0 Å². The van der Waals surface area contributed by atoms with Crippen LogP contribution in [-0.2, 0) is 0 Å². The predicted octanol–water partition coefficient (Wildman–Crippen LogP) is 3.74. The van der Waals surface area contributed by atoms with E-state index < -0.39 is 0 Å². The minimum Gasteiger partial charge on any atom is -0.349 e. The number of unbranched alkanes of at least 4 members (excludes halogenated alkanes) is 2. The standard InChI is InChI=1S/C19H24N2O2/c1-3-4-6-9-14(2)20-18(22)16-12-13-17(21-19(16)23)15-10-7-5-8-11-15/h5,7-8,10-14H,3-4,6,9H2,1-2H3,(H,20,22)(H,21,23)/t14-/m1/s1. The molecule has 2 aromatic rings. The first kappa shape index (κ1) is 17.0. The Morgan fingerprint density at radius 1 is 1.13 bits per heavy atom. The van der Waals surface area contributed by atoms with Crippen LogP contribution in [0.25, 0.3) is 11.3 Å². The molecule has 0 saturated carbocycles. The number of aromatic amines is 1. The van der Waals surface area contributed by atoms with Crippen LogP contribution in [-0.4, -0.2) is 16.9 Å². The zero-order valence-electron chi connectivity index (χ0n) is 13.8. The molecule has 0 unspecified atom stereocenters. The molecule has 1 aromatic heterocycles. The number of amides is 1. The zero-order valence-corrected chi connectivity index (χ0v) is 13.8. The molecule has 1 atom stereocenters. The van der Waals surface area contributed by atoms with Gasteiger partial charge in [0.1, 0.15) is 5.56 Å². The van der Waals surface area contributed by atoms with Gasteiger partial charge in [-0.3, -0.25) is 9.59 Å². The Morgan fingerprint density at radius 2 is 1.87 bits per heavy atom. The largest absolute Gasteiger partial charge is 0.349 e. The fourth-order valence-electron chi connectivity index (χ4n) is 2.51. The van der Waals surface area contributed by atoms with Gasteiger partial charge < -0.3 is 10.3 Å². The highest BCUT2D eigenvalue weighted by Crippen LogP contribution is 2.14. The van der Waals surface area contributed by atoms with E-state index in [2.05, 4.69) is 17.2 Å². The minimum atomic E-state index is -0.357. The highest BCUT2D eigenvalue weighted by Gasteiger charge is 2.13. The molecule has 2 N–H and O–H groups in total. The number of hydrogen-bond acceptors (Lipinski definition) is 2. The van der Waals surface area contributed by atoms with Gasteiger partial charge in [-0.15, -0.1) is 0 Å². The summed E-state index contributed by atoms with van der Waals surface area (Å²) in [5, 5.41) is 2.90. The monoisotopic (exact) mass is 312 g/mol. The van der Waals surface area contributed by atoms with Crippen molar-refractivity contribution in [1.82, 2.24) is 10.3 Å². The second-order valence-corrected chi connectivity index (χ2v) is 5.85. The third-order valence-corrected chi connectivity index (χ3v) is 3.86. The number of hydrogen-bond donors (Lipinski definition) is 2. The molecule has 0 saturated heterocycles. The van der Waals surface area contributed by atoms with Crippen LogP contribution < -0.4 is 10.9 Å². The van der Waals surface area contributed by atoms with Gasteiger partial charge in [0.05, 0.1) is 0 Å². The maximum Gasteiger partial charge on any atom is 0.261 e. The van der Waals surface area contributed by atoms with Crippen molar-refractivity contribution >= 4 is 5.91 Å². The van der Waals surface area contributed by atoms with Crippen molar-refractivity contribution in [3.63, 3.8) is 0 Å². The first-order valence-corrected chi connectivity index (χ1v) is 8.21. The van der Waals surface area contributed by atoms with Crippen LogP contribution >= 0.6 is 0 Å². The Labute approximate surface area is 137 Å². The van der Waals surface area contributed by atoms with Gasteiger partial charge in [-0.05, 0) is 31.0 Å². The molecule has 23 heavy (non-hydrogen) atoms. The summed E-state index contributed by atoms with van der Waals surface area (Å²) in [6, 6.07) is 13.0. The lowest BCUT2D eigenvalue weighted by molar-refractivity contribution is 0.0936. The molecule has 122 valence electrons. The number of carbonyl (C=O) groups excluding carboxylic acids is 1. The molecule has 0 fully saturated rings. The first-order chi connectivity index (χ1) is 11.1. The Balaban J connectivity index is 2.06. The molecule has 1 aromatic carbocycles. The minimum absolute atomic E-state index is 0.0715. The lowest BCUT2D eigenvalue weighted by Gasteiger charge is -2.13. The van der Waals surface area contributed by atoms with Crippen molar-refractivity contribution in [2.24, 2.45) is 0 Å². The van der Waals surface area contributed by atoms with E-state index in [4.69, 9.17) is 0 Å². The van der Waals surface area contributed by atoms with E-state index in [0.29, 0.717) is 5.69 Å². The molecular weight excluding hydrogens is 288 g/mol. The van der Waals surface area contributed by atoms with E-state index in [9.17, 15) is 9.59 Å². The maximum absolute atomic E-state index is 12.2. The summed E-state index contributed by atoms with van der Waals surface area (Å²) in [5.74, 6) is -0.310. The van der Waals surface area contributed by atoms with Crippen LogP contribution in [0.4, 0.5) is 0 Å². The molecule has 4 heteroatoms. The lowest BCUT2D eigenvalue weighted by atomic mass is 10.1. The Morgan fingerprint density at radius 3 is 2.52 bits per heavy atom. The van der Waals surface area contributed by atoms with Gasteiger partial charge in [-0.1, -0.05) is 56.5 Å². The number of pyridine rings is 1. The molecule has 0 aliphatic heterocycles. The van der Waals surface area contributed by atoms with Crippen molar-refractivity contribution in [3.05, 3.63) is 58.4 Å². The summed E-state index contributed by atoms with van der Waals surface area (Å²) in [6.07, 6.45) is 4.33. The number of aromatic nitrogens is 1. The average molecular weight is 312 g/mol. The highest BCUT2D eigenvalue weighted by molar-refractivity contribution is 5.94. The normalized spacial score (nSPS) is 11.9. The molecule has 1 amide bonds. The van der Waals surface area contributed by atoms with Gasteiger partial charge in [0.25, 0.3) is 11.5 Å². The number of carbonyl (C=O) groups is 1.